The van der Waals surface area contributed by atoms with E-state index >= 15 is 0 Å². The molecule has 214 valence electrons. The summed E-state index contributed by atoms with van der Waals surface area (Å²) in [6.45, 7) is 6.83. The molecule has 7 nitrogen and oxygen atoms in total. The summed E-state index contributed by atoms with van der Waals surface area (Å²) in [7, 11) is -4.26. The molecule has 3 aromatic rings. The van der Waals surface area contributed by atoms with Crippen molar-refractivity contribution in [3.05, 3.63) is 93.7 Å². The number of sulfonamides is 1. The number of aryl methyl sites for hydroxylation is 1. The van der Waals surface area contributed by atoms with Gasteiger partial charge in [-0.05, 0) is 68.3 Å². The lowest BCUT2D eigenvalue weighted by atomic mass is 10.1. The van der Waals surface area contributed by atoms with Crippen LogP contribution >= 0.6 is 23.2 Å². The van der Waals surface area contributed by atoms with Crippen LogP contribution in [0.2, 0.25) is 10.0 Å². The fourth-order valence-corrected chi connectivity index (χ4v) is 5.79. The number of benzene rings is 3. The highest BCUT2D eigenvalue weighted by atomic mass is 35.5. The second-order valence-electron chi connectivity index (χ2n) is 9.84. The molecule has 11 heteroatoms. The molecular weight excluding hydrogens is 576 g/mol. The summed E-state index contributed by atoms with van der Waals surface area (Å²) in [5, 5.41) is 3.40. The summed E-state index contributed by atoms with van der Waals surface area (Å²) in [4.78, 5) is 28.2. The summed E-state index contributed by atoms with van der Waals surface area (Å²) in [5.74, 6) is -1.48. The van der Waals surface area contributed by atoms with Crippen LogP contribution in [0.1, 0.15) is 31.9 Å². The Balaban J connectivity index is 2.04. The zero-order valence-corrected chi connectivity index (χ0v) is 25.0. The molecule has 0 aliphatic rings. The van der Waals surface area contributed by atoms with Crippen molar-refractivity contribution in [2.24, 2.45) is 5.92 Å². The van der Waals surface area contributed by atoms with E-state index in [1.54, 1.807) is 37.3 Å². The van der Waals surface area contributed by atoms with Gasteiger partial charge in [0, 0.05) is 28.7 Å². The third-order valence-electron chi connectivity index (χ3n) is 6.24. The average Bonchev–Trinajstić information content (AvgIpc) is 2.90. The SMILES string of the molecule is Cc1ccc(S(=O)(=O)N(CC(=O)N(Cc2c(Cl)cccc2Cl)C(C)C(=O)NCC(C)C)c2ccc(F)cc2)cc1. The highest BCUT2D eigenvalue weighted by molar-refractivity contribution is 7.92. The molecule has 3 rings (SSSR count). The zero-order chi connectivity index (χ0) is 29.6. The molecule has 2 amide bonds. The molecule has 0 spiro atoms. The number of nitrogens with one attached hydrogen (secondary N) is 1. The molecule has 0 fully saturated rings. The topological polar surface area (TPSA) is 86.8 Å². The van der Waals surface area contributed by atoms with E-state index in [-0.39, 0.29) is 23.0 Å². The highest BCUT2D eigenvalue weighted by Crippen LogP contribution is 2.28. The molecule has 0 aromatic heterocycles. The van der Waals surface area contributed by atoms with E-state index in [9.17, 15) is 22.4 Å². The maximum Gasteiger partial charge on any atom is 0.264 e. The van der Waals surface area contributed by atoms with Crippen molar-refractivity contribution in [1.29, 1.82) is 0 Å². The van der Waals surface area contributed by atoms with Gasteiger partial charge < -0.3 is 10.2 Å². The number of halogens is 3. The predicted molar refractivity (Wildman–Crippen MR) is 156 cm³/mol. The van der Waals surface area contributed by atoms with Crippen molar-refractivity contribution in [2.75, 3.05) is 17.4 Å². The first-order chi connectivity index (χ1) is 18.8. The Hall–Kier alpha value is -3.14. The van der Waals surface area contributed by atoms with Gasteiger partial charge in [-0.15, -0.1) is 0 Å². The minimum absolute atomic E-state index is 0.0429. The Labute approximate surface area is 244 Å². The third-order valence-corrected chi connectivity index (χ3v) is 8.74. The van der Waals surface area contributed by atoms with Crippen LogP contribution in [0.25, 0.3) is 0 Å². The number of nitrogens with zero attached hydrogens (tertiary/aromatic N) is 2. The summed E-state index contributed by atoms with van der Waals surface area (Å²) in [6, 6.07) is 14.8. The van der Waals surface area contributed by atoms with Gasteiger partial charge in [-0.25, -0.2) is 12.8 Å². The summed E-state index contributed by atoms with van der Waals surface area (Å²) in [5.41, 5.74) is 1.35. The lowest BCUT2D eigenvalue weighted by Gasteiger charge is -2.32. The standard InChI is InChI=1S/C29H32Cl2FN3O4S/c1-19(2)16-33-29(37)21(4)34(17-25-26(30)6-5-7-27(25)31)28(36)18-35(23-12-10-22(32)11-13-23)40(38,39)24-14-8-20(3)9-15-24/h5-15,19,21H,16-18H2,1-4H3,(H,33,37). The van der Waals surface area contributed by atoms with Gasteiger partial charge in [0.1, 0.15) is 18.4 Å². The first kappa shape index (κ1) is 31.4. The minimum Gasteiger partial charge on any atom is -0.354 e. The Kier molecular flexibility index (Phi) is 10.6. The van der Waals surface area contributed by atoms with Crippen molar-refractivity contribution in [2.45, 2.75) is 45.2 Å². The third kappa shape index (κ3) is 7.74. The van der Waals surface area contributed by atoms with Gasteiger partial charge >= 0.3 is 0 Å². The molecule has 3 aromatic carbocycles. The summed E-state index contributed by atoms with van der Waals surface area (Å²) >= 11 is 12.8. The number of carbonyl (C=O) groups excluding carboxylic acids is 2. The second-order valence-corrected chi connectivity index (χ2v) is 12.5. The molecule has 40 heavy (non-hydrogen) atoms. The smallest absolute Gasteiger partial charge is 0.264 e. The van der Waals surface area contributed by atoms with Crippen LogP contribution in [0, 0.1) is 18.7 Å². The fraction of sp³-hybridized carbons (Fsp3) is 0.310. The Bertz CT molecular complexity index is 1430. The van der Waals surface area contributed by atoms with Crippen molar-refractivity contribution >= 4 is 50.7 Å². The Morgan fingerprint density at radius 1 is 0.925 bits per heavy atom. The van der Waals surface area contributed by atoms with E-state index in [4.69, 9.17) is 23.2 Å². The first-order valence-electron chi connectivity index (χ1n) is 12.7. The maximum atomic E-state index is 13.9. The van der Waals surface area contributed by atoms with Crippen LogP contribution in [0.5, 0.6) is 0 Å². The van der Waals surface area contributed by atoms with Crippen LogP contribution in [-0.2, 0) is 26.2 Å². The molecule has 0 aliphatic heterocycles. The lowest BCUT2D eigenvalue weighted by Crippen LogP contribution is -2.51. The predicted octanol–water partition coefficient (Wildman–Crippen LogP) is 5.83. The monoisotopic (exact) mass is 607 g/mol. The van der Waals surface area contributed by atoms with Crippen LogP contribution < -0.4 is 9.62 Å². The molecular formula is C29H32Cl2FN3O4S. The van der Waals surface area contributed by atoms with E-state index in [0.717, 1.165) is 22.0 Å². The van der Waals surface area contributed by atoms with Crippen LogP contribution in [0.4, 0.5) is 10.1 Å². The molecule has 1 atom stereocenters. The van der Waals surface area contributed by atoms with E-state index in [1.807, 2.05) is 20.8 Å². The number of amides is 2. The molecule has 0 aliphatic carbocycles. The van der Waals surface area contributed by atoms with Crippen LogP contribution in [-0.4, -0.2) is 44.3 Å². The highest BCUT2D eigenvalue weighted by Gasteiger charge is 2.33. The normalized spacial score (nSPS) is 12.2. The van der Waals surface area contributed by atoms with E-state index < -0.39 is 40.2 Å². The largest absolute Gasteiger partial charge is 0.354 e. The zero-order valence-electron chi connectivity index (χ0n) is 22.7. The van der Waals surface area contributed by atoms with Gasteiger partial charge in [0.25, 0.3) is 10.0 Å². The minimum atomic E-state index is -4.26. The van der Waals surface area contributed by atoms with Gasteiger partial charge in [-0.3, -0.25) is 13.9 Å². The van der Waals surface area contributed by atoms with Gasteiger partial charge in [0.05, 0.1) is 10.6 Å². The van der Waals surface area contributed by atoms with Gasteiger partial charge in [0.2, 0.25) is 11.8 Å². The fourth-order valence-electron chi connectivity index (χ4n) is 3.86. The van der Waals surface area contributed by atoms with Gasteiger partial charge in [-0.1, -0.05) is 60.8 Å². The number of hydrogen-bond acceptors (Lipinski definition) is 4. The van der Waals surface area contributed by atoms with Gasteiger partial charge in [0.15, 0.2) is 0 Å². The average molecular weight is 609 g/mol. The van der Waals surface area contributed by atoms with Crippen molar-refractivity contribution in [3.8, 4) is 0 Å². The van der Waals surface area contributed by atoms with Crippen LogP contribution in [0.3, 0.4) is 0 Å². The van der Waals surface area contributed by atoms with E-state index in [1.165, 1.54) is 29.2 Å². The van der Waals surface area contributed by atoms with E-state index in [0.29, 0.717) is 22.2 Å². The molecule has 0 bridgehead atoms. The quantitative estimate of drug-likeness (QED) is 0.297. The first-order valence-corrected chi connectivity index (χ1v) is 14.9. The number of hydrogen-bond donors (Lipinski definition) is 1. The second kappa shape index (κ2) is 13.5. The summed E-state index contributed by atoms with van der Waals surface area (Å²) in [6.07, 6.45) is 0. The lowest BCUT2D eigenvalue weighted by molar-refractivity contribution is -0.139. The number of carbonyl (C=O) groups is 2. The molecule has 0 heterocycles. The molecule has 1 N–H and O–H groups in total. The number of rotatable bonds is 11. The molecule has 1 unspecified atom stereocenters. The van der Waals surface area contributed by atoms with Crippen molar-refractivity contribution in [1.82, 2.24) is 10.2 Å². The summed E-state index contributed by atoms with van der Waals surface area (Å²) < 4.78 is 42.2. The Morgan fingerprint density at radius 3 is 2.05 bits per heavy atom. The Morgan fingerprint density at radius 2 is 1.50 bits per heavy atom. The maximum absolute atomic E-state index is 13.9. The van der Waals surface area contributed by atoms with Crippen LogP contribution in [0.15, 0.2) is 71.6 Å². The number of anilines is 1. The van der Waals surface area contributed by atoms with Crippen molar-refractivity contribution < 1.29 is 22.4 Å². The molecule has 0 radical (unpaired) electrons. The van der Waals surface area contributed by atoms with E-state index in [2.05, 4.69) is 5.32 Å². The van der Waals surface area contributed by atoms with Gasteiger partial charge in [-0.2, -0.15) is 0 Å². The van der Waals surface area contributed by atoms with Crippen molar-refractivity contribution in [3.63, 3.8) is 0 Å². The molecule has 0 saturated carbocycles. The molecule has 0 saturated heterocycles.